The van der Waals surface area contributed by atoms with Crippen molar-refractivity contribution in [2.75, 3.05) is 5.32 Å². The highest BCUT2D eigenvalue weighted by atomic mass is 127. The van der Waals surface area contributed by atoms with Crippen molar-refractivity contribution in [3.8, 4) is 0 Å². The molecule has 0 saturated heterocycles. The SMILES string of the molecule is Cc1cc(Nc2c(C(=O)O)cc(Br)c(F)c2F)ncc1I. The molecule has 0 aliphatic rings. The van der Waals surface area contributed by atoms with Gasteiger partial charge in [-0.05, 0) is 63.1 Å². The van der Waals surface area contributed by atoms with Crippen LogP contribution in [0.5, 0.6) is 0 Å². The Morgan fingerprint density at radius 2 is 2.05 bits per heavy atom. The van der Waals surface area contributed by atoms with Gasteiger partial charge in [-0.25, -0.2) is 18.6 Å². The van der Waals surface area contributed by atoms with Gasteiger partial charge in [0.2, 0.25) is 0 Å². The number of carboxylic acid groups (broad SMARTS) is 1. The van der Waals surface area contributed by atoms with E-state index in [2.05, 4.69) is 48.8 Å². The summed E-state index contributed by atoms with van der Waals surface area (Å²) in [5.41, 5.74) is 0.0260. The van der Waals surface area contributed by atoms with E-state index in [1.807, 2.05) is 6.92 Å². The Morgan fingerprint density at radius 3 is 2.62 bits per heavy atom. The van der Waals surface area contributed by atoms with Crippen molar-refractivity contribution in [3.05, 3.63) is 49.1 Å². The number of aryl methyl sites for hydroxylation is 1. The van der Waals surface area contributed by atoms with Crippen LogP contribution in [0, 0.1) is 22.1 Å². The number of carboxylic acids is 1. The fourth-order valence-electron chi connectivity index (χ4n) is 1.62. The number of nitrogens with zero attached hydrogens (tertiary/aromatic N) is 1. The number of benzene rings is 1. The van der Waals surface area contributed by atoms with Crippen molar-refractivity contribution in [2.24, 2.45) is 0 Å². The minimum atomic E-state index is -1.38. The Kier molecular flexibility index (Phi) is 4.77. The minimum Gasteiger partial charge on any atom is -0.478 e. The third-order valence-corrected chi connectivity index (χ3v) is 4.40. The summed E-state index contributed by atoms with van der Waals surface area (Å²) < 4.78 is 28.2. The third-order valence-electron chi connectivity index (χ3n) is 2.69. The van der Waals surface area contributed by atoms with Crippen LogP contribution in [0.25, 0.3) is 0 Å². The average Bonchev–Trinajstić information content (AvgIpc) is 2.43. The van der Waals surface area contributed by atoms with Crippen LogP contribution in [0.2, 0.25) is 0 Å². The molecule has 21 heavy (non-hydrogen) atoms. The summed E-state index contributed by atoms with van der Waals surface area (Å²) >= 11 is 4.86. The first-order valence-electron chi connectivity index (χ1n) is 5.61. The van der Waals surface area contributed by atoms with Crippen LogP contribution < -0.4 is 5.32 Å². The molecule has 0 amide bonds. The van der Waals surface area contributed by atoms with Gasteiger partial charge in [-0.3, -0.25) is 0 Å². The number of nitrogens with one attached hydrogen (secondary N) is 1. The number of rotatable bonds is 3. The van der Waals surface area contributed by atoms with Crippen LogP contribution in [0.1, 0.15) is 15.9 Å². The second-order valence-electron chi connectivity index (χ2n) is 4.16. The van der Waals surface area contributed by atoms with Crippen molar-refractivity contribution >= 4 is 56.0 Å². The van der Waals surface area contributed by atoms with E-state index in [0.717, 1.165) is 15.2 Å². The zero-order valence-electron chi connectivity index (χ0n) is 10.5. The van der Waals surface area contributed by atoms with E-state index in [0.29, 0.717) is 0 Å². The smallest absolute Gasteiger partial charge is 0.337 e. The van der Waals surface area contributed by atoms with E-state index in [9.17, 15) is 13.6 Å². The van der Waals surface area contributed by atoms with Gasteiger partial charge < -0.3 is 10.4 Å². The predicted molar refractivity (Wildman–Crippen MR) is 86.0 cm³/mol. The molecule has 0 atom stereocenters. The zero-order chi connectivity index (χ0) is 15.7. The molecule has 2 rings (SSSR count). The molecule has 0 unspecified atom stereocenters. The minimum absolute atomic E-state index is 0.232. The lowest BCUT2D eigenvalue weighted by atomic mass is 10.1. The van der Waals surface area contributed by atoms with Gasteiger partial charge in [-0.15, -0.1) is 0 Å². The van der Waals surface area contributed by atoms with Crippen LogP contribution in [-0.2, 0) is 0 Å². The van der Waals surface area contributed by atoms with Crippen LogP contribution >= 0.6 is 38.5 Å². The molecule has 1 heterocycles. The van der Waals surface area contributed by atoms with Crippen molar-refractivity contribution < 1.29 is 18.7 Å². The molecule has 0 aliphatic carbocycles. The number of hydrogen-bond acceptors (Lipinski definition) is 3. The fourth-order valence-corrected chi connectivity index (χ4v) is 2.32. The first-order chi connectivity index (χ1) is 9.81. The fraction of sp³-hybridized carbons (Fsp3) is 0.0769. The third kappa shape index (κ3) is 3.31. The maximum atomic E-state index is 14.0. The molecule has 0 spiro atoms. The average molecular weight is 469 g/mol. The first-order valence-corrected chi connectivity index (χ1v) is 7.48. The standard InChI is InChI=1S/C13H8BrF2IN2O2/c1-5-2-9(18-4-8(5)17)19-12-6(13(20)21)3-7(14)10(15)11(12)16/h2-4H,1H3,(H,18,19)(H,20,21). The van der Waals surface area contributed by atoms with Crippen LogP contribution in [-0.4, -0.2) is 16.1 Å². The van der Waals surface area contributed by atoms with Crippen molar-refractivity contribution in [1.29, 1.82) is 0 Å². The summed E-state index contributed by atoms with van der Waals surface area (Å²) in [4.78, 5) is 15.2. The van der Waals surface area contributed by atoms with Gasteiger partial charge in [0, 0.05) is 9.77 Å². The summed E-state index contributed by atoms with van der Waals surface area (Å²) in [5, 5.41) is 11.6. The van der Waals surface area contributed by atoms with Crippen molar-refractivity contribution in [3.63, 3.8) is 0 Å². The number of hydrogen-bond donors (Lipinski definition) is 2. The molecule has 2 N–H and O–H groups in total. The Bertz CT molecular complexity index is 741. The van der Waals surface area contributed by atoms with Gasteiger partial charge >= 0.3 is 5.97 Å². The molecule has 2 aromatic rings. The van der Waals surface area contributed by atoms with E-state index in [1.165, 1.54) is 0 Å². The molecule has 0 saturated carbocycles. The van der Waals surface area contributed by atoms with Crippen LogP contribution in [0.4, 0.5) is 20.3 Å². The highest BCUT2D eigenvalue weighted by molar-refractivity contribution is 14.1. The summed E-state index contributed by atoms with van der Waals surface area (Å²) in [6.07, 6.45) is 1.55. The molecule has 1 aromatic heterocycles. The van der Waals surface area contributed by atoms with Crippen LogP contribution in [0.3, 0.4) is 0 Å². The molecule has 110 valence electrons. The second kappa shape index (κ2) is 6.22. The van der Waals surface area contributed by atoms with Gasteiger partial charge in [0.25, 0.3) is 0 Å². The monoisotopic (exact) mass is 468 g/mol. The summed E-state index contributed by atoms with van der Waals surface area (Å²) in [7, 11) is 0. The van der Waals surface area contributed by atoms with Crippen molar-refractivity contribution in [2.45, 2.75) is 6.92 Å². The van der Waals surface area contributed by atoms with Crippen LogP contribution in [0.15, 0.2) is 22.8 Å². The molecular weight excluding hydrogens is 461 g/mol. The highest BCUT2D eigenvalue weighted by Gasteiger charge is 2.22. The summed E-state index contributed by atoms with van der Waals surface area (Å²) in [6, 6.07) is 2.62. The number of aromatic nitrogens is 1. The lowest BCUT2D eigenvalue weighted by molar-refractivity contribution is 0.0697. The summed E-state index contributed by atoms with van der Waals surface area (Å²) in [6.45, 7) is 1.82. The quantitative estimate of drug-likeness (QED) is 0.515. The molecule has 0 bridgehead atoms. The number of carbonyl (C=O) groups is 1. The second-order valence-corrected chi connectivity index (χ2v) is 6.17. The molecule has 0 fully saturated rings. The van der Waals surface area contributed by atoms with E-state index >= 15 is 0 Å². The molecule has 0 aliphatic heterocycles. The topological polar surface area (TPSA) is 62.2 Å². The molecule has 0 radical (unpaired) electrons. The molecular formula is C13H8BrF2IN2O2. The van der Waals surface area contributed by atoms with E-state index in [1.54, 1.807) is 12.3 Å². The predicted octanol–water partition coefficient (Wildman–Crippen LogP) is 4.48. The van der Waals surface area contributed by atoms with Gasteiger partial charge in [0.05, 0.1) is 15.7 Å². The largest absolute Gasteiger partial charge is 0.478 e. The van der Waals surface area contributed by atoms with Gasteiger partial charge in [0.1, 0.15) is 5.82 Å². The van der Waals surface area contributed by atoms with Gasteiger partial charge in [0.15, 0.2) is 11.6 Å². The maximum Gasteiger partial charge on any atom is 0.337 e. The normalized spacial score (nSPS) is 10.5. The molecule has 1 aromatic carbocycles. The Labute approximate surface area is 140 Å². The number of aromatic carboxylic acids is 1. The first kappa shape index (κ1) is 16.1. The molecule has 4 nitrogen and oxygen atoms in total. The van der Waals surface area contributed by atoms with E-state index < -0.39 is 28.9 Å². The van der Waals surface area contributed by atoms with E-state index in [-0.39, 0.29) is 10.3 Å². The summed E-state index contributed by atoms with van der Waals surface area (Å²) in [5.74, 6) is -3.58. The number of anilines is 2. The number of halogens is 4. The maximum absolute atomic E-state index is 14.0. The Balaban J connectivity index is 2.54. The van der Waals surface area contributed by atoms with E-state index in [4.69, 9.17) is 5.11 Å². The van der Waals surface area contributed by atoms with Crippen molar-refractivity contribution in [1.82, 2.24) is 4.98 Å². The Hall–Kier alpha value is -1.29. The lowest BCUT2D eigenvalue weighted by Gasteiger charge is -2.12. The highest BCUT2D eigenvalue weighted by Crippen LogP contribution is 2.31. The van der Waals surface area contributed by atoms with Gasteiger partial charge in [-0.1, -0.05) is 0 Å². The zero-order valence-corrected chi connectivity index (χ0v) is 14.3. The number of pyridine rings is 1. The van der Waals surface area contributed by atoms with Gasteiger partial charge in [-0.2, -0.15) is 0 Å². The Morgan fingerprint density at radius 1 is 1.38 bits per heavy atom. The molecule has 8 heteroatoms. The lowest BCUT2D eigenvalue weighted by Crippen LogP contribution is -2.08.